The van der Waals surface area contributed by atoms with Crippen LogP contribution in [0, 0.1) is 6.92 Å². The van der Waals surface area contributed by atoms with E-state index in [4.69, 9.17) is 4.99 Å². The van der Waals surface area contributed by atoms with E-state index in [0.717, 1.165) is 71.2 Å². The van der Waals surface area contributed by atoms with Crippen molar-refractivity contribution in [2.24, 2.45) is 4.99 Å². The Morgan fingerprint density at radius 1 is 1.21 bits per heavy atom. The van der Waals surface area contributed by atoms with Crippen molar-refractivity contribution >= 4 is 35.6 Å². The minimum absolute atomic E-state index is 0. The van der Waals surface area contributed by atoms with E-state index in [-0.39, 0.29) is 30.1 Å². The first-order chi connectivity index (χ1) is 13.2. The number of anilines is 1. The summed E-state index contributed by atoms with van der Waals surface area (Å²) < 4.78 is 0. The lowest BCUT2D eigenvalue weighted by Crippen LogP contribution is -2.46. The average molecular weight is 501 g/mol. The molecule has 0 unspecified atom stereocenters. The quantitative estimate of drug-likeness (QED) is 0.271. The fourth-order valence-electron chi connectivity index (χ4n) is 3.89. The molecule has 28 heavy (non-hydrogen) atoms. The van der Waals surface area contributed by atoms with Crippen molar-refractivity contribution in [1.29, 1.82) is 0 Å². The molecule has 1 aromatic carbocycles. The number of β-amino-alcohol motifs (C(OH)–C–C–N with tert-alkyl or cyclic N) is 1. The van der Waals surface area contributed by atoms with Crippen molar-refractivity contribution in [1.82, 2.24) is 15.1 Å². The van der Waals surface area contributed by atoms with Gasteiger partial charge in [-0.25, -0.2) is 0 Å². The largest absolute Gasteiger partial charge is 0.391 e. The third-order valence-corrected chi connectivity index (χ3v) is 5.43. The molecule has 2 fully saturated rings. The normalized spacial score (nSPS) is 21.0. The van der Waals surface area contributed by atoms with Crippen LogP contribution < -0.4 is 10.2 Å². The summed E-state index contributed by atoms with van der Waals surface area (Å²) in [5.41, 5.74) is 2.68. The molecule has 0 bridgehead atoms. The van der Waals surface area contributed by atoms with Crippen LogP contribution in [-0.2, 0) is 0 Å². The van der Waals surface area contributed by atoms with Crippen LogP contribution in [-0.4, -0.2) is 85.9 Å². The molecule has 2 saturated heterocycles. The number of piperazine rings is 1. The molecule has 6 nitrogen and oxygen atoms in total. The van der Waals surface area contributed by atoms with E-state index < -0.39 is 0 Å². The van der Waals surface area contributed by atoms with Crippen molar-refractivity contribution < 1.29 is 5.11 Å². The monoisotopic (exact) mass is 501 g/mol. The summed E-state index contributed by atoms with van der Waals surface area (Å²) in [5, 5.41) is 13.1. The van der Waals surface area contributed by atoms with Crippen LogP contribution in [0.15, 0.2) is 29.3 Å². The zero-order chi connectivity index (χ0) is 19.1. The summed E-state index contributed by atoms with van der Waals surface area (Å²) in [6, 6.07) is 8.80. The highest BCUT2D eigenvalue weighted by atomic mass is 127. The van der Waals surface area contributed by atoms with E-state index in [0.29, 0.717) is 6.54 Å². The molecule has 1 atom stereocenters. The van der Waals surface area contributed by atoms with Gasteiger partial charge in [-0.05, 0) is 44.4 Å². The fourth-order valence-corrected chi connectivity index (χ4v) is 3.89. The lowest BCUT2D eigenvalue weighted by Gasteiger charge is -2.36. The average Bonchev–Trinajstić information content (AvgIpc) is 3.11. The lowest BCUT2D eigenvalue weighted by atomic mass is 10.2. The summed E-state index contributed by atoms with van der Waals surface area (Å²) in [6.07, 6.45) is 1.71. The number of benzene rings is 1. The zero-order valence-electron chi connectivity index (χ0n) is 17.3. The molecule has 2 heterocycles. The number of aliphatic imine (C=N–C) groups is 1. The molecule has 0 aliphatic carbocycles. The highest BCUT2D eigenvalue weighted by molar-refractivity contribution is 14.0. The van der Waals surface area contributed by atoms with Gasteiger partial charge in [0.15, 0.2) is 5.96 Å². The van der Waals surface area contributed by atoms with Gasteiger partial charge >= 0.3 is 0 Å². The Labute approximate surface area is 187 Å². The Bertz CT molecular complexity index is 619. The van der Waals surface area contributed by atoms with Gasteiger partial charge in [0.1, 0.15) is 0 Å². The van der Waals surface area contributed by atoms with Gasteiger partial charge in [-0.15, -0.1) is 24.0 Å². The van der Waals surface area contributed by atoms with Crippen molar-refractivity contribution in [3.63, 3.8) is 0 Å². The second-order valence-electron chi connectivity index (χ2n) is 7.65. The highest BCUT2D eigenvalue weighted by Crippen LogP contribution is 2.17. The number of rotatable bonds is 6. The fraction of sp³-hybridized carbons (Fsp3) is 0.667. The molecule has 0 spiro atoms. The number of nitrogens with one attached hydrogen (secondary N) is 1. The van der Waals surface area contributed by atoms with Gasteiger partial charge < -0.3 is 20.2 Å². The molecule has 2 aliphatic rings. The van der Waals surface area contributed by atoms with Gasteiger partial charge in [0.05, 0.1) is 6.10 Å². The Balaban J connectivity index is 0.00000280. The van der Waals surface area contributed by atoms with Gasteiger partial charge in [-0.3, -0.25) is 9.89 Å². The van der Waals surface area contributed by atoms with Crippen LogP contribution in [0.5, 0.6) is 0 Å². The molecular formula is C21H36IN5O. The maximum absolute atomic E-state index is 9.74. The SMILES string of the molecule is CCNC(=NCCCN1CCN(c2cccc(C)c2)CC1)N1CC[C@@H](O)C1.I. The first-order valence-electron chi connectivity index (χ1n) is 10.4. The third kappa shape index (κ3) is 6.77. The second-order valence-corrected chi connectivity index (χ2v) is 7.65. The van der Waals surface area contributed by atoms with Gasteiger partial charge in [-0.2, -0.15) is 0 Å². The number of hydrogen-bond acceptors (Lipinski definition) is 4. The summed E-state index contributed by atoms with van der Waals surface area (Å²) >= 11 is 0. The van der Waals surface area contributed by atoms with E-state index in [2.05, 4.69) is 58.1 Å². The number of nitrogens with zero attached hydrogens (tertiary/aromatic N) is 4. The Morgan fingerprint density at radius 3 is 2.64 bits per heavy atom. The van der Waals surface area contributed by atoms with Crippen LogP contribution in [0.3, 0.4) is 0 Å². The van der Waals surface area contributed by atoms with Crippen molar-refractivity contribution in [3.8, 4) is 0 Å². The van der Waals surface area contributed by atoms with Crippen LogP contribution >= 0.6 is 24.0 Å². The number of likely N-dealkylation sites (tertiary alicyclic amines) is 1. The summed E-state index contributed by atoms with van der Waals surface area (Å²) in [7, 11) is 0. The van der Waals surface area contributed by atoms with Crippen LogP contribution in [0.25, 0.3) is 0 Å². The molecule has 0 aromatic heterocycles. The third-order valence-electron chi connectivity index (χ3n) is 5.43. The van der Waals surface area contributed by atoms with E-state index in [1.165, 1.54) is 11.3 Å². The summed E-state index contributed by atoms with van der Waals surface area (Å²) in [5.74, 6) is 0.957. The van der Waals surface area contributed by atoms with Gasteiger partial charge in [0.2, 0.25) is 0 Å². The Morgan fingerprint density at radius 2 is 2.00 bits per heavy atom. The van der Waals surface area contributed by atoms with Crippen molar-refractivity contribution in [2.45, 2.75) is 32.8 Å². The van der Waals surface area contributed by atoms with E-state index >= 15 is 0 Å². The maximum atomic E-state index is 9.74. The van der Waals surface area contributed by atoms with Crippen molar-refractivity contribution in [3.05, 3.63) is 29.8 Å². The molecule has 0 saturated carbocycles. The number of guanidine groups is 1. The summed E-state index contributed by atoms with van der Waals surface area (Å²) in [4.78, 5) is 12.0. The van der Waals surface area contributed by atoms with Gasteiger partial charge in [0.25, 0.3) is 0 Å². The second kappa shape index (κ2) is 11.8. The van der Waals surface area contributed by atoms with E-state index in [9.17, 15) is 5.11 Å². The smallest absolute Gasteiger partial charge is 0.194 e. The topological polar surface area (TPSA) is 54.3 Å². The number of aryl methyl sites for hydroxylation is 1. The molecule has 2 N–H and O–H groups in total. The molecule has 1 aromatic rings. The summed E-state index contributed by atoms with van der Waals surface area (Å²) in [6.45, 7) is 13.1. The molecular weight excluding hydrogens is 465 g/mol. The zero-order valence-corrected chi connectivity index (χ0v) is 19.6. The number of halogens is 1. The van der Waals surface area contributed by atoms with Crippen LogP contribution in [0.1, 0.15) is 25.3 Å². The van der Waals surface area contributed by atoms with Crippen molar-refractivity contribution in [2.75, 3.05) is 63.8 Å². The molecule has 0 amide bonds. The highest BCUT2D eigenvalue weighted by Gasteiger charge is 2.22. The Kier molecular flexibility index (Phi) is 9.81. The molecule has 158 valence electrons. The predicted molar refractivity (Wildman–Crippen MR) is 128 cm³/mol. The molecule has 7 heteroatoms. The van der Waals surface area contributed by atoms with E-state index in [1.54, 1.807) is 0 Å². The molecule has 3 rings (SSSR count). The first-order valence-corrected chi connectivity index (χ1v) is 10.4. The predicted octanol–water partition coefficient (Wildman–Crippen LogP) is 2.16. The number of hydrogen-bond donors (Lipinski definition) is 2. The lowest BCUT2D eigenvalue weighted by molar-refractivity contribution is 0.187. The van der Waals surface area contributed by atoms with E-state index in [1.807, 2.05) is 0 Å². The standard InChI is InChI=1S/C21H35N5O.HI/c1-3-22-21(26-11-8-20(27)17-26)23-9-5-10-24-12-14-25(15-13-24)19-7-4-6-18(2)16-19;/h4,6-7,16,20,27H,3,5,8-15,17H2,1-2H3,(H,22,23);1H/t20-;/m1./s1. The molecule has 2 aliphatic heterocycles. The number of aliphatic hydroxyl groups is 1. The Hall–Kier alpha value is -1.06. The van der Waals surface area contributed by atoms with Crippen LogP contribution in [0.4, 0.5) is 5.69 Å². The minimum atomic E-state index is -0.210. The maximum Gasteiger partial charge on any atom is 0.194 e. The number of aliphatic hydroxyl groups excluding tert-OH is 1. The van der Waals surface area contributed by atoms with Gasteiger partial charge in [-0.1, -0.05) is 12.1 Å². The minimum Gasteiger partial charge on any atom is -0.391 e. The van der Waals surface area contributed by atoms with Crippen LogP contribution in [0.2, 0.25) is 0 Å². The first kappa shape index (κ1) is 23.2. The molecule has 0 radical (unpaired) electrons. The van der Waals surface area contributed by atoms with Gasteiger partial charge in [0, 0.05) is 64.6 Å².